The maximum atomic E-state index is 11.1. The fourth-order valence-corrected chi connectivity index (χ4v) is 1.43. The molecule has 0 bridgehead atoms. The molecule has 0 aliphatic heterocycles. The monoisotopic (exact) mass is 218 g/mol. The van der Waals surface area contributed by atoms with Gasteiger partial charge in [-0.3, -0.25) is 0 Å². The summed E-state index contributed by atoms with van der Waals surface area (Å²) in [4.78, 5) is 11.1. The smallest absolute Gasteiger partial charge is 0.339 e. The molecule has 82 valence electrons. The highest BCUT2D eigenvalue weighted by atomic mass is 16.5. The first kappa shape index (κ1) is 10.5. The van der Waals surface area contributed by atoms with Crippen LogP contribution < -0.4 is 0 Å². The number of carbonyl (C=O) groups is 1. The molecule has 1 unspecified atom stereocenters. The van der Waals surface area contributed by atoms with Gasteiger partial charge in [0.1, 0.15) is 0 Å². The Labute approximate surface area is 91.7 Å². The highest BCUT2D eigenvalue weighted by Crippen LogP contribution is 2.19. The molecule has 2 rings (SSSR count). The zero-order valence-corrected chi connectivity index (χ0v) is 8.62. The van der Waals surface area contributed by atoms with Crippen LogP contribution in [-0.4, -0.2) is 28.4 Å². The van der Waals surface area contributed by atoms with Crippen LogP contribution in [-0.2, 0) is 9.53 Å². The Balaban J connectivity index is 2.43. The molecule has 2 aromatic rings. The van der Waals surface area contributed by atoms with Crippen molar-refractivity contribution in [1.82, 2.24) is 10.2 Å². The molecule has 0 radical (unpaired) electrons. The van der Waals surface area contributed by atoms with Crippen molar-refractivity contribution in [1.29, 1.82) is 0 Å². The molecule has 0 spiro atoms. The van der Waals surface area contributed by atoms with E-state index in [1.807, 2.05) is 0 Å². The molecule has 1 atom stereocenters. The van der Waals surface area contributed by atoms with Gasteiger partial charge in [-0.25, -0.2) is 4.79 Å². The summed E-state index contributed by atoms with van der Waals surface area (Å²) in [6.45, 7) is 0. The van der Waals surface area contributed by atoms with Crippen LogP contribution in [0.5, 0.6) is 0 Å². The van der Waals surface area contributed by atoms with Gasteiger partial charge < -0.3 is 9.84 Å². The highest BCUT2D eigenvalue weighted by molar-refractivity contribution is 5.84. The molecule has 1 N–H and O–H groups in total. The molecule has 16 heavy (non-hydrogen) atoms. The number of rotatable bonds is 2. The van der Waals surface area contributed by atoms with E-state index in [-0.39, 0.29) is 0 Å². The normalized spacial score (nSPS) is 12.4. The molecule has 0 fully saturated rings. The lowest BCUT2D eigenvalue weighted by Crippen LogP contribution is -2.13. The third-order valence-corrected chi connectivity index (χ3v) is 2.31. The molecule has 1 heterocycles. The molecular formula is C11H10N2O3. The first-order valence-electron chi connectivity index (χ1n) is 4.68. The summed E-state index contributed by atoms with van der Waals surface area (Å²) >= 11 is 0. The van der Waals surface area contributed by atoms with Crippen molar-refractivity contribution < 1.29 is 14.6 Å². The van der Waals surface area contributed by atoms with E-state index in [1.165, 1.54) is 7.11 Å². The number of fused-ring (bicyclic) bond motifs is 1. The predicted molar refractivity (Wildman–Crippen MR) is 56.5 cm³/mol. The molecule has 0 aliphatic carbocycles. The van der Waals surface area contributed by atoms with Gasteiger partial charge in [0.2, 0.25) is 0 Å². The Morgan fingerprint density at radius 3 is 2.69 bits per heavy atom. The lowest BCUT2D eigenvalue weighted by Gasteiger charge is -2.08. The van der Waals surface area contributed by atoms with Gasteiger partial charge in [0, 0.05) is 10.8 Å². The first-order chi connectivity index (χ1) is 7.72. The first-order valence-corrected chi connectivity index (χ1v) is 4.68. The van der Waals surface area contributed by atoms with E-state index >= 15 is 0 Å². The minimum Gasteiger partial charge on any atom is -0.467 e. The lowest BCUT2D eigenvalue weighted by atomic mass is 10.1. The SMILES string of the molecule is COC(=O)C(O)c1ccc2cnncc2c1. The third-order valence-electron chi connectivity index (χ3n) is 2.31. The average Bonchev–Trinajstić information content (AvgIpc) is 2.36. The molecule has 0 saturated carbocycles. The average molecular weight is 218 g/mol. The molecular weight excluding hydrogens is 208 g/mol. The number of methoxy groups -OCH3 is 1. The minimum absolute atomic E-state index is 0.479. The number of aromatic nitrogens is 2. The number of benzene rings is 1. The number of nitrogens with zero attached hydrogens (tertiary/aromatic N) is 2. The zero-order chi connectivity index (χ0) is 11.5. The fourth-order valence-electron chi connectivity index (χ4n) is 1.43. The molecule has 0 amide bonds. The summed E-state index contributed by atoms with van der Waals surface area (Å²) in [5.41, 5.74) is 0.479. The van der Waals surface area contributed by atoms with Gasteiger partial charge in [-0.05, 0) is 11.6 Å². The summed E-state index contributed by atoms with van der Waals surface area (Å²) in [5.74, 6) is -0.679. The van der Waals surface area contributed by atoms with Gasteiger partial charge in [0.15, 0.2) is 6.10 Å². The number of aliphatic hydroxyl groups excluding tert-OH is 1. The van der Waals surface area contributed by atoms with E-state index in [2.05, 4.69) is 14.9 Å². The molecule has 1 aromatic carbocycles. The topological polar surface area (TPSA) is 72.3 Å². The number of hydrogen-bond donors (Lipinski definition) is 1. The van der Waals surface area contributed by atoms with Crippen molar-refractivity contribution in [2.45, 2.75) is 6.10 Å². The summed E-state index contributed by atoms with van der Waals surface area (Å²) < 4.78 is 4.46. The van der Waals surface area contributed by atoms with Crippen LogP contribution in [0.25, 0.3) is 10.8 Å². The number of ether oxygens (including phenoxy) is 1. The number of aliphatic hydroxyl groups is 1. The van der Waals surface area contributed by atoms with Gasteiger partial charge in [-0.2, -0.15) is 10.2 Å². The summed E-state index contributed by atoms with van der Waals surface area (Å²) in [6, 6.07) is 5.11. The fraction of sp³-hybridized carbons (Fsp3) is 0.182. The van der Waals surface area contributed by atoms with Gasteiger partial charge in [-0.15, -0.1) is 0 Å². The summed E-state index contributed by atoms with van der Waals surface area (Å²) in [6.07, 6.45) is 1.93. The van der Waals surface area contributed by atoms with E-state index in [0.29, 0.717) is 5.56 Å². The van der Waals surface area contributed by atoms with Crippen LogP contribution in [0.3, 0.4) is 0 Å². The predicted octanol–water partition coefficient (Wildman–Crippen LogP) is 0.836. The standard InChI is InChI=1S/C11H10N2O3/c1-16-11(15)10(14)7-2-3-8-5-12-13-6-9(8)4-7/h2-6,10,14H,1H3. The van der Waals surface area contributed by atoms with E-state index < -0.39 is 12.1 Å². The Morgan fingerprint density at radius 2 is 2.00 bits per heavy atom. The number of carbonyl (C=O) groups excluding carboxylic acids is 1. The zero-order valence-electron chi connectivity index (χ0n) is 8.62. The van der Waals surface area contributed by atoms with Crippen molar-refractivity contribution >= 4 is 16.7 Å². The van der Waals surface area contributed by atoms with Gasteiger partial charge in [0.25, 0.3) is 0 Å². The Bertz CT molecular complexity index is 527. The largest absolute Gasteiger partial charge is 0.467 e. The van der Waals surface area contributed by atoms with Crippen molar-refractivity contribution in [3.05, 3.63) is 36.2 Å². The maximum absolute atomic E-state index is 11.1. The van der Waals surface area contributed by atoms with Crippen molar-refractivity contribution in [3.63, 3.8) is 0 Å². The molecule has 5 heteroatoms. The minimum atomic E-state index is -1.26. The van der Waals surface area contributed by atoms with Gasteiger partial charge >= 0.3 is 5.97 Å². The van der Waals surface area contributed by atoms with Crippen LogP contribution in [0, 0.1) is 0 Å². The van der Waals surface area contributed by atoms with Gasteiger partial charge in [0.05, 0.1) is 19.5 Å². The molecule has 5 nitrogen and oxygen atoms in total. The maximum Gasteiger partial charge on any atom is 0.339 e. The van der Waals surface area contributed by atoms with E-state index in [4.69, 9.17) is 0 Å². The molecule has 1 aromatic heterocycles. The van der Waals surface area contributed by atoms with E-state index in [1.54, 1.807) is 30.6 Å². The molecule has 0 saturated heterocycles. The Hall–Kier alpha value is -2.01. The Morgan fingerprint density at radius 1 is 1.31 bits per heavy atom. The van der Waals surface area contributed by atoms with Gasteiger partial charge in [-0.1, -0.05) is 12.1 Å². The van der Waals surface area contributed by atoms with Crippen molar-refractivity contribution in [3.8, 4) is 0 Å². The number of hydrogen-bond acceptors (Lipinski definition) is 5. The highest BCUT2D eigenvalue weighted by Gasteiger charge is 2.17. The van der Waals surface area contributed by atoms with Crippen LogP contribution in [0.4, 0.5) is 0 Å². The second-order valence-electron chi connectivity index (χ2n) is 3.30. The van der Waals surface area contributed by atoms with Crippen molar-refractivity contribution in [2.24, 2.45) is 0 Å². The van der Waals surface area contributed by atoms with E-state index in [9.17, 15) is 9.90 Å². The second kappa shape index (κ2) is 4.24. The lowest BCUT2D eigenvalue weighted by molar-refractivity contribution is -0.150. The second-order valence-corrected chi connectivity index (χ2v) is 3.30. The van der Waals surface area contributed by atoms with E-state index in [0.717, 1.165) is 10.8 Å². The quantitative estimate of drug-likeness (QED) is 0.756. The third kappa shape index (κ3) is 1.85. The summed E-state index contributed by atoms with van der Waals surface area (Å²) in [5, 5.41) is 18.8. The van der Waals surface area contributed by atoms with Crippen molar-refractivity contribution in [2.75, 3.05) is 7.11 Å². The summed E-state index contributed by atoms with van der Waals surface area (Å²) in [7, 11) is 1.23. The molecule has 0 aliphatic rings. The van der Waals surface area contributed by atoms with Crippen LogP contribution in [0.15, 0.2) is 30.6 Å². The number of esters is 1. The Kier molecular flexibility index (Phi) is 2.78. The van der Waals surface area contributed by atoms with Crippen LogP contribution >= 0.6 is 0 Å². The van der Waals surface area contributed by atoms with Crippen LogP contribution in [0.2, 0.25) is 0 Å². The van der Waals surface area contributed by atoms with Crippen LogP contribution in [0.1, 0.15) is 11.7 Å².